The molecule has 0 saturated carbocycles. The summed E-state index contributed by atoms with van der Waals surface area (Å²) in [7, 11) is 1.74. The van der Waals surface area contributed by atoms with Gasteiger partial charge in [-0.05, 0) is 18.2 Å². The Kier molecular flexibility index (Phi) is 4.92. The summed E-state index contributed by atoms with van der Waals surface area (Å²) in [5, 5.41) is 0.678. The van der Waals surface area contributed by atoms with Gasteiger partial charge in [0.15, 0.2) is 0 Å². The summed E-state index contributed by atoms with van der Waals surface area (Å²) in [6.45, 7) is 1.76. The van der Waals surface area contributed by atoms with E-state index in [0.717, 1.165) is 11.1 Å². The molecule has 27 heavy (non-hydrogen) atoms. The van der Waals surface area contributed by atoms with E-state index in [1.54, 1.807) is 30.1 Å². The van der Waals surface area contributed by atoms with Gasteiger partial charge in [-0.2, -0.15) is 0 Å². The quantitative estimate of drug-likeness (QED) is 0.696. The first kappa shape index (κ1) is 17.7. The van der Waals surface area contributed by atoms with E-state index < -0.39 is 0 Å². The monoisotopic (exact) mass is 382 g/mol. The van der Waals surface area contributed by atoms with Gasteiger partial charge < -0.3 is 9.64 Å². The number of ether oxygens (including phenoxy) is 1. The van der Waals surface area contributed by atoms with Crippen molar-refractivity contribution in [3.05, 3.63) is 75.8 Å². The Bertz CT molecular complexity index is 1010. The highest BCUT2D eigenvalue weighted by Gasteiger charge is 2.26. The zero-order chi connectivity index (χ0) is 18.8. The van der Waals surface area contributed by atoms with Crippen LogP contribution < -0.4 is 10.5 Å². The first-order valence-electron chi connectivity index (χ1n) is 8.73. The fourth-order valence-corrected chi connectivity index (χ4v) is 3.49. The Morgan fingerprint density at radius 1 is 1.19 bits per heavy atom. The Morgan fingerprint density at radius 3 is 2.74 bits per heavy atom. The van der Waals surface area contributed by atoms with Crippen LogP contribution in [0.3, 0.4) is 0 Å². The molecule has 0 radical (unpaired) electrons. The molecule has 6 nitrogen and oxygen atoms in total. The number of halogens is 1. The molecule has 1 atom stereocenters. The number of benzene rings is 1. The van der Waals surface area contributed by atoms with Gasteiger partial charge in [-0.25, -0.2) is 4.98 Å². The maximum absolute atomic E-state index is 12.5. The maximum Gasteiger partial charge on any atom is 0.255 e. The van der Waals surface area contributed by atoms with Crippen LogP contribution in [-0.4, -0.2) is 34.2 Å². The number of hydrogen-bond acceptors (Lipinski definition) is 5. The summed E-state index contributed by atoms with van der Waals surface area (Å²) in [4.78, 5) is 23.4. The zero-order valence-electron chi connectivity index (χ0n) is 14.9. The van der Waals surface area contributed by atoms with Crippen LogP contribution in [0.2, 0.25) is 5.02 Å². The standard InChI is InChI=1S/C20H19ClN4O2/c1-24-19(26)12-17(14-6-8-22-9-7-14)23-20(24)25-10-11-27-18(13-25)15-4-2-3-5-16(15)21/h2-9,12,18H,10-11,13H2,1H3/t18-/m1/s1. The van der Waals surface area contributed by atoms with Crippen LogP contribution in [0.25, 0.3) is 11.3 Å². The van der Waals surface area contributed by atoms with E-state index in [9.17, 15) is 4.79 Å². The predicted molar refractivity (Wildman–Crippen MR) is 105 cm³/mol. The molecule has 1 saturated heterocycles. The van der Waals surface area contributed by atoms with Crippen molar-refractivity contribution in [2.24, 2.45) is 7.05 Å². The largest absolute Gasteiger partial charge is 0.370 e. The highest BCUT2D eigenvalue weighted by molar-refractivity contribution is 6.31. The smallest absolute Gasteiger partial charge is 0.255 e. The number of anilines is 1. The third-order valence-electron chi connectivity index (χ3n) is 4.69. The lowest BCUT2D eigenvalue weighted by atomic mass is 10.1. The van der Waals surface area contributed by atoms with Gasteiger partial charge in [0.05, 0.1) is 18.8 Å². The van der Waals surface area contributed by atoms with Gasteiger partial charge >= 0.3 is 0 Å². The van der Waals surface area contributed by atoms with E-state index in [1.165, 1.54) is 0 Å². The Hall–Kier alpha value is -2.70. The van der Waals surface area contributed by atoms with Crippen molar-refractivity contribution in [2.75, 3.05) is 24.6 Å². The van der Waals surface area contributed by atoms with Crippen LogP contribution in [0.15, 0.2) is 59.7 Å². The molecule has 4 rings (SSSR count). The van der Waals surface area contributed by atoms with Crippen molar-refractivity contribution >= 4 is 17.5 Å². The summed E-state index contributed by atoms with van der Waals surface area (Å²) in [6.07, 6.45) is 3.21. The SMILES string of the molecule is Cn1c(N2CCO[C@@H](c3ccccc3Cl)C2)nc(-c2ccncc2)cc1=O. The molecule has 0 N–H and O–H groups in total. The molecule has 2 aromatic heterocycles. The summed E-state index contributed by atoms with van der Waals surface area (Å²) in [5.74, 6) is 0.620. The van der Waals surface area contributed by atoms with Gasteiger partial charge in [0.25, 0.3) is 5.56 Å². The number of aromatic nitrogens is 3. The zero-order valence-corrected chi connectivity index (χ0v) is 15.6. The minimum atomic E-state index is -0.172. The summed E-state index contributed by atoms with van der Waals surface area (Å²) >= 11 is 6.34. The predicted octanol–water partition coefficient (Wildman–Crippen LogP) is 3.07. The molecule has 3 aromatic rings. The molecule has 7 heteroatoms. The number of pyridine rings is 1. The van der Waals surface area contributed by atoms with Crippen molar-refractivity contribution in [3.8, 4) is 11.3 Å². The van der Waals surface area contributed by atoms with E-state index in [2.05, 4.69) is 9.88 Å². The van der Waals surface area contributed by atoms with Crippen LogP contribution in [0.4, 0.5) is 5.95 Å². The van der Waals surface area contributed by atoms with Gasteiger partial charge in [-0.1, -0.05) is 29.8 Å². The minimum absolute atomic E-state index is 0.104. The first-order valence-corrected chi connectivity index (χ1v) is 9.11. The van der Waals surface area contributed by atoms with Crippen LogP contribution >= 0.6 is 11.6 Å². The molecule has 138 valence electrons. The van der Waals surface area contributed by atoms with Gasteiger partial charge in [-0.3, -0.25) is 14.3 Å². The molecular formula is C20H19ClN4O2. The van der Waals surface area contributed by atoms with Gasteiger partial charge in [0, 0.05) is 48.2 Å². The maximum atomic E-state index is 12.5. The molecular weight excluding hydrogens is 364 g/mol. The molecule has 1 aromatic carbocycles. The van der Waals surface area contributed by atoms with E-state index in [-0.39, 0.29) is 11.7 Å². The van der Waals surface area contributed by atoms with Gasteiger partial charge in [0.2, 0.25) is 5.95 Å². The lowest BCUT2D eigenvalue weighted by Crippen LogP contribution is -2.41. The van der Waals surface area contributed by atoms with E-state index in [0.29, 0.717) is 36.4 Å². The Balaban J connectivity index is 1.69. The van der Waals surface area contributed by atoms with Crippen molar-refractivity contribution in [3.63, 3.8) is 0 Å². The third-order valence-corrected chi connectivity index (χ3v) is 5.03. The fraction of sp³-hybridized carbons (Fsp3) is 0.250. The fourth-order valence-electron chi connectivity index (χ4n) is 3.24. The van der Waals surface area contributed by atoms with Crippen molar-refractivity contribution < 1.29 is 4.74 Å². The van der Waals surface area contributed by atoms with Crippen LogP contribution in [0.5, 0.6) is 0 Å². The topological polar surface area (TPSA) is 60.2 Å². The molecule has 0 amide bonds. The van der Waals surface area contributed by atoms with E-state index in [1.807, 2.05) is 36.4 Å². The highest BCUT2D eigenvalue weighted by Crippen LogP contribution is 2.30. The van der Waals surface area contributed by atoms with Gasteiger partial charge in [-0.15, -0.1) is 0 Å². The number of nitrogens with zero attached hydrogens (tertiary/aromatic N) is 4. The molecule has 3 heterocycles. The normalized spacial score (nSPS) is 17.1. The number of rotatable bonds is 3. The molecule has 0 spiro atoms. The average Bonchev–Trinajstić information content (AvgIpc) is 2.71. The minimum Gasteiger partial charge on any atom is -0.370 e. The van der Waals surface area contributed by atoms with Crippen molar-refractivity contribution in [2.45, 2.75) is 6.10 Å². The number of hydrogen-bond donors (Lipinski definition) is 0. The summed E-state index contributed by atoms with van der Waals surface area (Å²) < 4.78 is 7.50. The second-order valence-electron chi connectivity index (χ2n) is 6.40. The Morgan fingerprint density at radius 2 is 1.96 bits per heavy atom. The van der Waals surface area contributed by atoms with Crippen molar-refractivity contribution in [1.82, 2.24) is 14.5 Å². The van der Waals surface area contributed by atoms with Gasteiger partial charge in [0.1, 0.15) is 6.10 Å². The van der Waals surface area contributed by atoms with Crippen LogP contribution in [0, 0.1) is 0 Å². The van der Waals surface area contributed by atoms with E-state index in [4.69, 9.17) is 21.3 Å². The van der Waals surface area contributed by atoms with Crippen LogP contribution in [0.1, 0.15) is 11.7 Å². The lowest BCUT2D eigenvalue weighted by molar-refractivity contribution is 0.0390. The van der Waals surface area contributed by atoms with Crippen molar-refractivity contribution in [1.29, 1.82) is 0 Å². The molecule has 1 fully saturated rings. The average molecular weight is 383 g/mol. The summed E-state index contributed by atoms with van der Waals surface area (Å²) in [6, 6.07) is 12.9. The van der Waals surface area contributed by atoms with Crippen LogP contribution in [-0.2, 0) is 11.8 Å². The molecule has 0 bridgehead atoms. The third kappa shape index (κ3) is 3.59. The Labute approximate surface area is 162 Å². The second kappa shape index (κ2) is 7.50. The highest BCUT2D eigenvalue weighted by atomic mass is 35.5. The second-order valence-corrected chi connectivity index (χ2v) is 6.81. The number of morpholine rings is 1. The van der Waals surface area contributed by atoms with E-state index >= 15 is 0 Å². The first-order chi connectivity index (χ1) is 13.1. The molecule has 0 aliphatic carbocycles. The molecule has 1 aliphatic rings. The molecule has 1 aliphatic heterocycles. The summed E-state index contributed by atoms with van der Waals surface area (Å²) in [5.41, 5.74) is 2.34. The molecule has 0 unspecified atom stereocenters. The lowest BCUT2D eigenvalue weighted by Gasteiger charge is -2.34.